The fourth-order valence-electron chi connectivity index (χ4n) is 3.24. The summed E-state index contributed by atoms with van der Waals surface area (Å²) in [4.78, 5) is 25.6. The van der Waals surface area contributed by atoms with E-state index in [0.29, 0.717) is 13.1 Å². The number of nitrogens with one attached hydrogen (secondary N) is 2. The summed E-state index contributed by atoms with van der Waals surface area (Å²) in [6, 6.07) is 8.25. The van der Waals surface area contributed by atoms with Gasteiger partial charge in [0.1, 0.15) is 0 Å². The zero-order valence-electron chi connectivity index (χ0n) is 12.3. The molecule has 2 amide bonds. The Kier molecular flexibility index (Phi) is 3.82. The molecular weight excluding hydrogens is 266 g/mol. The first-order chi connectivity index (χ1) is 10.1. The Morgan fingerprint density at radius 3 is 2.95 bits per heavy atom. The molecule has 2 heterocycles. The largest absolute Gasteiger partial charge is 0.384 e. The van der Waals surface area contributed by atoms with Crippen molar-refractivity contribution in [3.8, 4) is 0 Å². The van der Waals surface area contributed by atoms with Crippen LogP contribution in [0.3, 0.4) is 0 Å². The highest BCUT2D eigenvalue weighted by molar-refractivity contribution is 5.81. The minimum Gasteiger partial charge on any atom is -0.384 e. The van der Waals surface area contributed by atoms with E-state index >= 15 is 0 Å². The van der Waals surface area contributed by atoms with Crippen LogP contribution in [0.25, 0.3) is 0 Å². The Balaban J connectivity index is 1.61. The maximum atomic E-state index is 12.6. The van der Waals surface area contributed by atoms with Gasteiger partial charge in [-0.05, 0) is 24.5 Å². The van der Waals surface area contributed by atoms with Gasteiger partial charge in [-0.15, -0.1) is 0 Å². The number of benzene rings is 1. The van der Waals surface area contributed by atoms with Gasteiger partial charge in [-0.3, -0.25) is 9.59 Å². The van der Waals surface area contributed by atoms with Gasteiger partial charge in [-0.1, -0.05) is 18.2 Å². The van der Waals surface area contributed by atoms with E-state index in [1.807, 2.05) is 17.0 Å². The predicted molar refractivity (Wildman–Crippen MR) is 80.9 cm³/mol. The third-order valence-corrected chi connectivity index (χ3v) is 4.28. The Bertz CT molecular complexity index is 558. The lowest BCUT2D eigenvalue weighted by molar-refractivity contribution is -0.134. The molecule has 2 unspecified atom stereocenters. The smallest absolute Gasteiger partial charge is 0.227 e. The monoisotopic (exact) mass is 287 g/mol. The molecule has 112 valence electrons. The van der Waals surface area contributed by atoms with Crippen molar-refractivity contribution in [2.45, 2.75) is 25.8 Å². The van der Waals surface area contributed by atoms with Crippen LogP contribution in [0.15, 0.2) is 24.3 Å². The molecule has 1 aromatic rings. The molecule has 0 saturated carbocycles. The number of carbonyl (C=O) groups is 2. The highest BCUT2D eigenvalue weighted by Crippen LogP contribution is 2.26. The van der Waals surface area contributed by atoms with E-state index in [1.165, 1.54) is 12.5 Å². The van der Waals surface area contributed by atoms with E-state index in [0.717, 1.165) is 25.1 Å². The van der Waals surface area contributed by atoms with Crippen molar-refractivity contribution in [3.63, 3.8) is 0 Å². The minimum atomic E-state index is -0.0254. The van der Waals surface area contributed by atoms with Gasteiger partial charge in [0, 0.05) is 38.3 Å². The van der Waals surface area contributed by atoms with E-state index in [1.54, 1.807) is 0 Å². The fourth-order valence-corrected chi connectivity index (χ4v) is 3.24. The van der Waals surface area contributed by atoms with Gasteiger partial charge in [0.2, 0.25) is 11.8 Å². The lowest BCUT2D eigenvalue weighted by Crippen LogP contribution is -2.42. The van der Waals surface area contributed by atoms with E-state index in [2.05, 4.69) is 22.8 Å². The topological polar surface area (TPSA) is 61.4 Å². The molecule has 0 aliphatic carbocycles. The van der Waals surface area contributed by atoms with E-state index in [9.17, 15) is 9.59 Å². The van der Waals surface area contributed by atoms with E-state index in [-0.39, 0.29) is 23.8 Å². The molecule has 5 heteroatoms. The lowest BCUT2D eigenvalue weighted by atomic mass is 9.93. The minimum absolute atomic E-state index is 0.00372. The summed E-state index contributed by atoms with van der Waals surface area (Å²) < 4.78 is 0. The van der Waals surface area contributed by atoms with Gasteiger partial charge in [0.05, 0.1) is 5.92 Å². The first-order valence-electron chi connectivity index (χ1n) is 7.51. The summed E-state index contributed by atoms with van der Waals surface area (Å²) in [5.74, 6) is 0.170. The lowest BCUT2D eigenvalue weighted by Gasteiger charge is -2.29. The standard InChI is InChI=1S/C16H21N3O2/c1-11(20)18-14-6-7-19(10-14)16(21)13-8-12-4-2-3-5-15(12)17-9-13/h2-5,13-14,17H,6-10H2,1H3,(H,18,20). The molecule has 2 aliphatic rings. The van der Waals surface area contributed by atoms with Crippen LogP contribution in [0.4, 0.5) is 5.69 Å². The van der Waals surface area contributed by atoms with Crippen LogP contribution in [0.5, 0.6) is 0 Å². The highest BCUT2D eigenvalue weighted by Gasteiger charge is 2.32. The number of anilines is 1. The summed E-state index contributed by atoms with van der Waals surface area (Å²) in [6.07, 6.45) is 1.64. The number of rotatable bonds is 2. The van der Waals surface area contributed by atoms with Crippen LogP contribution in [0.1, 0.15) is 18.9 Å². The van der Waals surface area contributed by atoms with Crippen LogP contribution >= 0.6 is 0 Å². The second-order valence-electron chi connectivity index (χ2n) is 5.91. The maximum Gasteiger partial charge on any atom is 0.227 e. The average Bonchev–Trinajstić information content (AvgIpc) is 2.93. The van der Waals surface area contributed by atoms with Crippen LogP contribution in [0, 0.1) is 5.92 Å². The fraction of sp³-hybridized carbons (Fsp3) is 0.500. The zero-order chi connectivity index (χ0) is 14.8. The molecule has 2 N–H and O–H groups in total. The van der Waals surface area contributed by atoms with Gasteiger partial charge >= 0.3 is 0 Å². The zero-order valence-corrected chi connectivity index (χ0v) is 12.3. The SMILES string of the molecule is CC(=O)NC1CCN(C(=O)C2CNc3ccccc3C2)C1. The number of hydrogen-bond donors (Lipinski definition) is 2. The highest BCUT2D eigenvalue weighted by atomic mass is 16.2. The normalized spacial score (nSPS) is 24.1. The summed E-state index contributed by atoms with van der Waals surface area (Å²) in [7, 11) is 0. The molecule has 3 rings (SSSR count). The van der Waals surface area contributed by atoms with Crippen LogP contribution < -0.4 is 10.6 Å². The van der Waals surface area contributed by atoms with Crippen molar-refractivity contribution in [2.75, 3.05) is 25.0 Å². The number of nitrogens with zero attached hydrogens (tertiary/aromatic N) is 1. The number of hydrogen-bond acceptors (Lipinski definition) is 3. The number of likely N-dealkylation sites (tertiary alicyclic amines) is 1. The van der Waals surface area contributed by atoms with Crippen molar-refractivity contribution < 1.29 is 9.59 Å². The molecule has 1 aromatic carbocycles. The molecule has 1 fully saturated rings. The van der Waals surface area contributed by atoms with Crippen molar-refractivity contribution in [2.24, 2.45) is 5.92 Å². The molecule has 2 aliphatic heterocycles. The van der Waals surface area contributed by atoms with Crippen LogP contribution in [0.2, 0.25) is 0 Å². The first kappa shape index (κ1) is 13.9. The molecule has 0 bridgehead atoms. The van der Waals surface area contributed by atoms with E-state index in [4.69, 9.17) is 0 Å². The van der Waals surface area contributed by atoms with Crippen LogP contribution in [-0.4, -0.2) is 42.4 Å². The van der Waals surface area contributed by atoms with Crippen molar-refractivity contribution in [3.05, 3.63) is 29.8 Å². The van der Waals surface area contributed by atoms with Gasteiger partial charge in [0.15, 0.2) is 0 Å². The third kappa shape index (κ3) is 3.01. The van der Waals surface area contributed by atoms with Crippen LogP contribution in [-0.2, 0) is 16.0 Å². The number of para-hydroxylation sites is 1. The molecule has 0 aromatic heterocycles. The van der Waals surface area contributed by atoms with E-state index < -0.39 is 0 Å². The summed E-state index contributed by atoms with van der Waals surface area (Å²) >= 11 is 0. The molecule has 1 saturated heterocycles. The van der Waals surface area contributed by atoms with Gasteiger partial charge in [-0.25, -0.2) is 0 Å². The summed E-state index contributed by atoms with van der Waals surface area (Å²) in [5, 5.41) is 6.24. The Morgan fingerprint density at radius 1 is 1.33 bits per heavy atom. The first-order valence-corrected chi connectivity index (χ1v) is 7.51. The van der Waals surface area contributed by atoms with Gasteiger partial charge < -0.3 is 15.5 Å². The second-order valence-corrected chi connectivity index (χ2v) is 5.91. The van der Waals surface area contributed by atoms with Crippen molar-refractivity contribution >= 4 is 17.5 Å². The summed E-state index contributed by atoms with van der Waals surface area (Å²) in [5.41, 5.74) is 2.35. The molecular formula is C16H21N3O2. The Morgan fingerprint density at radius 2 is 2.14 bits per heavy atom. The molecule has 2 atom stereocenters. The summed E-state index contributed by atoms with van der Waals surface area (Å²) in [6.45, 7) is 3.59. The van der Waals surface area contributed by atoms with Crippen molar-refractivity contribution in [1.29, 1.82) is 0 Å². The van der Waals surface area contributed by atoms with Gasteiger partial charge in [0.25, 0.3) is 0 Å². The van der Waals surface area contributed by atoms with Crippen molar-refractivity contribution in [1.82, 2.24) is 10.2 Å². The van der Waals surface area contributed by atoms with Gasteiger partial charge in [-0.2, -0.15) is 0 Å². The molecule has 0 spiro atoms. The average molecular weight is 287 g/mol. The Labute approximate surface area is 124 Å². The second kappa shape index (κ2) is 5.76. The number of carbonyl (C=O) groups excluding carboxylic acids is 2. The Hall–Kier alpha value is -2.04. The predicted octanol–water partition coefficient (Wildman–Crippen LogP) is 1.01. The molecule has 0 radical (unpaired) electrons. The quantitative estimate of drug-likeness (QED) is 0.853. The third-order valence-electron chi connectivity index (χ3n) is 4.28. The maximum absolute atomic E-state index is 12.6. The molecule has 5 nitrogen and oxygen atoms in total. The number of fused-ring (bicyclic) bond motifs is 1. The molecule has 21 heavy (non-hydrogen) atoms. The number of amides is 2.